The van der Waals surface area contributed by atoms with Crippen molar-refractivity contribution < 1.29 is 17.9 Å². The summed E-state index contributed by atoms with van der Waals surface area (Å²) in [4.78, 5) is 14.3. The summed E-state index contributed by atoms with van der Waals surface area (Å²) < 4.78 is 33.2. The third kappa shape index (κ3) is 5.17. The second kappa shape index (κ2) is 9.66. The maximum atomic E-state index is 12.6. The predicted octanol–water partition coefficient (Wildman–Crippen LogP) is 1.38. The van der Waals surface area contributed by atoms with Gasteiger partial charge in [-0.2, -0.15) is 0 Å². The van der Waals surface area contributed by atoms with E-state index in [-0.39, 0.29) is 29.8 Å². The number of ether oxygens (including phenoxy) is 1. The molecular weight excluding hydrogens is 378 g/mol. The normalized spacial score (nSPS) is 15.4. The first-order valence-electron chi connectivity index (χ1n) is 8.58. The van der Waals surface area contributed by atoms with E-state index in [1.807, 2.05) is 13.8 Å². The van der Waals surface area contributed by atoms with Crippen molar-refractivity contribution in [3.05, 3.63) is 29.8 Å². The summed E-state index contributed by atoms with van der Waals surface area (Å²) >= 11 is 0. The Balaban J connectivity index is 0.00000338. The van der Waals surface area contributed by atoms with Crippen LogP contribution >= 0.6 is 12.4 Å². The average Bonchev–Trinajstić information content (AvgIpc) is 2.66. The molecule has 148 valence electrons. The number of morpholine rings is 1. The standard InChI is InChI=1S/C17H27N3O4S.ClH/c1-3-17(4-2,13-18)19-25(22,23)15-7-5-14(6-8-15)16(21)20-9-11-24-12-10-20;/h5-8,19H,3-4,9-13,18H2,1-2H3;1H. The van der Waals surface area contributed by atoms with Gasteiger partial charge in [0.2, 0.25) is 10.0 Å². The average molecular weight is 406 g/mol. The maximum Gasteiger partial charge on any atom is 0.254 e. The van der Waals surface area contributed by atoms with Crippen molar-refractivity contribution in [1.29, 1.82) is 0 Å². The van der Waals surface area contributed by atoms with Crippen LogP contribution < -0.4 is 10.5 Å². The van der Waals surface area contributed by atoms with E-state index in [0.29, 0.717) is 44.7 Å². The minimum Gasteiger partial charge on any atom is -0.378 e. The summed E-state index contributed by atoms with van der Waals surface area (Å²) in [5.74, 6) is -0.112. The zero-order valence-corrected chi connectivity index (χ0v) is 16.9. The Bertz CT molecular complexity index is 676. The molecule has 7 nitrogen and oxygen atoms in total. The summed E-state index contributed by atoms with van der Waals surface area (Å²) in [5, 5.41) is 0. The number of halogens is 1. The van der Waals surface area contributed by atoms with E-state index in [1.54, 1.807) is 17.0 Å². The van der Waals surface area contributed by atoms with Crippen molar-refractivity contribution in [2.75, 3.05) is 32.8 Å². The van der Waals surface area contributed by atoms with Gasteiger partial charge < -0.3 is 15.4 Å². The lowest BCUT2D eigenvalue weighted by atomic mass is 9.95. The molecule has 1 aliphatic rings. The molecule has 0 atom stereocenters. The number of carbonyl (C=O) groups excluding carboxylic acids is 1. The molecular formula is C17H28ClN3O4S. The quantitative estimate of drug-likeness (QED) is 0.713. The Morgan fingerprint density at radius 1 is 1.19 bits per heavy atom. The topological polar surface area (TPSA) is 102 Å². The highest BCUT2D eigenvalue weighted by molar-refractivity contribution is 7.89. The van der Waals surface area contributed by atoms with Crippen LogP contribution in [0.3, 0.4) is 0 Å². The van der Waals surface area contributed by atoms with E-state index in [2.05, 4.69) is 4.72 Å². The molecule has 9 heteroatoms. The molecule has 1 amide bonds. The number of sulfonamides is 1. The first-order valence-corrected chi connectivity index (χ1v) is 10.1. The van der Waals surface area contributed by atoms with Crippen molar-refractivity contribution in [3.63, 3.8) is 0 Å². The van der Waals surface area contributed by atoms with Crippen molar-refractivity contribution in [3.8, 4) is 0 Å². The molecule has 3 N–H and O–H groups in total. The van der Waals surface area contributed by atoms with Gasteiger partial charge in [-0.1, -0.05) is 13.8 Å². The molecule has 1 aliphatic heterocycles. The van der Waals surface area contributed by atoms with Gasteiger partial charge in [-0.25, -0.2) is 13.1 Å². The van der Waals surface area contributed by atoms with Gasteiger partial charge in [-0.05, 0) is 37.1 Å². The summed E-state index contributed by atoms with van der Waals surface area (Å²) in [6.45, 7) is 6.19. The Hall–Kier alpha value is -1.19. The second-order valence-corrected chi connectivity index (χ2v) is 7.91. The Morgan fingerprint density at radius 2 is 1.73 bits per heavy atom. The first-order chi connectivity index (χ1) is 11.9. The van der Waals surface area contributed by atoms with Crippen LogP contribution in [-0.4, -0.2) is 57.6 Å². The number of hydrogen-bond donors (Lipinski definition) is 2. The summed E-state index contributed by atoms with van der Waals surface area (Å²) in [7, 11) is -3.70. The van der Waals surface area contributed by atoms with Gasteiger partial charge in [0.15, 0.2) is 0 Å². The van der Waals surface area contributed by atoms with Gasteiger partial charge in [0, 0.05) is 30.7 Å². The predicted molar refractivity (Wildman–Crippen MR) is 103 cm³/mol. The van der Waals surface area contributed by atoms with E-state index in [1.165, 1.54) is 12.1 Å². The molecule has 0 aliphatic carbocycles. The highest BCUT2D eigenvalue weighted by atomic mass is 35.5. The molecule has 1 saturated heterocycles. The van der Waals surface area contributed by atoms with E-state index in [4.69, 9.17) is 10.5 Å². The van der Waals surface area contributed by atoms with E-state index < -0.39 is 15.6 Å². The minimum atomic E-state index is -3.70. The Labute approximate surface area is 161 Å². The number of carbonyl (C=O) groups is 1. The zero-order valence-electron chi connectivity index (χ0n) is 15.2. The molecule has 0 saturated carbocycles. The molecule has 0 aromatic heterocycles. The second-order valence-electron chi connectivity index (χ2n) is 6.23. The van der Waals surface area contributed by atoms with Crippen molar-refractivity contribution >= 4 is 28.3 Å². The number of nitrogens with two attached hydrogens (primary N) is 1. The molecule has 2 rings (SSSR count). The van der Waals surface area contributed by atoms with Crippen LogP contribution in [-0.2, 0) is 14.8 Å². The molecule has 1 heterocycles. The van der Waals surface area contributed by atoms with Crippen LogP contribution in [0.5, 0.6) is 0 Å². The molecule has 0 bridgehead atoms. The fourth-order valence-electron chi connectivity index (χ4n) is 2.79. The van der Waals surface area contributed by atoms with Crippen LogP contribution in [0, 0.1) is 0 Å². The first kappa shape index (κ1) is 22.9. The monoisotopic (exact) mass is 405 g/mol. The Morgan fingerprint density at radius 3 is 2.19 bits per heavy atom. The number of nitrogens with one attached hydrogen (secondary N) is 1. The van der Waals surface area contributed by atoms with Crippen molar-refractivity contribution in [2.24, 2.45) is 5.73 Å². The smallest absolute Gasteiger partial charge is 0.254 e. The summed E-state index contributed by atoms with van der Waals surface area (Å²) in [6, 6.07) is 6.02. The SMILES string of the molecule is CCC(CC)(CN)NS(=O)(=O)c1ccc(C(=O)N2CCOCC2)cc1.Cl. The molecule has 0 unspecified atom stereocenters. The number of rotatable bonds is 7. The van der Waals surface area contributed by atoms with Gasteiger partial charge in [0.25, 0.3) is 5.91 Å². The van der Waals surface area contributed by atoms with E-state index in [9.17, 15) is 13.2 Å². The summed E-state index contributed by atoms with van der Waals surface area (Å²) in [6.07, 6.45) is 1.21. The van der Waals surface area contributed by atoms with Gasteiger partial charge in [-0.15, -0.1) is 12.4 Å². The fraction of sp³-hybridized carbons (Fsp3) is 0.588. The van der Waals surface area contributed by atoms with Gasteiger partial charge >= 0.3 is 0 Å². The van der Waals surface area contributed by atoms with Crippen molar-refractivity contribution in [1.82, 2.24) is 9.62 Å². The third-order valence-electron chi connectivity index (χ3n) is 4.81. The van der Waals surface area contributed by atoms with Crippen LogP contribution in [0.4, 0.5) is 0 Å². The zero-order chi connectivity index (χ0) is 18.5. The van der Waals surface area contributed by atoms with Crippen LogP contribution in [0.15, 0.2) is 29.2 Å². The highest BCUT2D eigenvalue weighted by Crippen LogP contribution is 2.19. The van der Waals surface area contributed by atoms with Crippen molar-refractivity contribution in [2.45, 2.75) is 37.1 Å². The number of hydrogen-bond acceptors (Lipinski definition) is 5. The molecule has 0 spiro atoms. The fourth-order valence-corrected chi connectivity index (χ4v) is 4.35. The number of amides is 1. The van der Waals surface area contributed by atoms with E-state index in [0.717, 1.165) is 0 Å². The van der Waals surface area contributed by atoms with E-state index >= 15 is 0 Å². The third-order valence-corrected chi connectivity index (χ3v) is 6.40. The molecule has 26 heavy (non-hydrogen) atoms. The van der Waals surface area contributed by atoms with Gasteiger partial charge in [-0.3, -0.25) is 4.79 Å². The van der Waals surface area contributed by atoms with Crippen LogP contribution in [0.2, 0.25) is 0 Å². The molecule has 1 aromatic rings. The summed E-state index contributed by atoms with van der Waals surface area (Å²) in [5.41, 5.74) is 5.59. The lowest BCUT2D eigenvalue weighted by Gasteiger charge is -2.31. The minimum absolute atomic E-state index is 0. The number of benzene rings is 1. The molecule has 0 radical (unpaired) electrons. The molecule has 1 aromatic carbocycles. The van der Waals surface area contributed by atoms with Gasteiger partial charge in [0.1, 0.15) is 0 Å². The number of nitrogens with zero attached hydrogens (tertiary/aromatic N) is 1. The lowest BCUT2D eigenvalue weighted by Crippen LogP contribution is -2.52. The van der Waals surface area contributed by atoms with Crippen LogP contribution in [0.1, 0.15) is 37.0 Å². The largest absolute Gasteiger partial charge is 0.378 e. The molecule has 1 fully saturated rings. The van der Waals surface area contributed by atoms with Crippen LogP contribution in [0.25, 0.3) is 0 Å². The van der Waals surface area contributed by atoms with Gasteiger partial charge in [0.05, 0.1) is 18.1 Å². The maximum absolute atomic E-state index is 12.6. The Kier molecular flexibility index (Phi) is 8.49. The lowest BCUT2D eigenvalue weighted by molar-refractivity contribution is 0.0303. The highest BCUT2D eigenvalue weighted by Gasteiger charge is 2.31.